The number of phenols is 1. The lowest BCUT2D eigenvalue weighted by Crippen LogP contribution is -2.57. The van der Waals surface area contributed by atoms with Crippen molar-refractivity contribution in [1.29, 1.82) is 0 Å². The summed E-state index contributed by atoms with van der Waals surface area (Å²) in [5, 5.41) is 14.3. The summed E-state index contributed by atoms with van der Waals surface area (Å²) in [5.74, 6) is 0.0668. The van der Waals surface area contributed by atoms with Gasteiger partial charge in [-0.1, -0.05) is 0 Å². The number of nitrogens with one attached hydrogen (secondary N) is 2. The fourth-order valence-corrected chi connectivity index (χ4v) is 4.31. The first-order valence-electron chi connectivity index (χ1n) is 10.5. The minimum absolute atomic E-state index is 0.0452. The van der Waals surface area contributed by atoms with Gasteiger partial charge in [-0.05, 0) is 56.3 Å². The third-order valence-corrected chi connectivity index (χ3v) is 5.86. The zero-order valence-electron chi connectivity index (χ0n) is 18.0. The molecule has 2 aromatic heterocycles. The highest BCUT2D eigenvalue weighted by Gasteiger charge is 2.26. The first-order valence-corrected chi connectivity index (χ1v) is 10.5. The number of H-pyrrole nitrogens is 1. The van der Waals surface area contributed by atoms with Crippen molar-refractivity contribution in [1.82, 2.24) is 15.3 Å². The Morgan fingerprint density at radius 1 is 1.19 bits per heavy atom. The number of primary amides is 1. The summed E-state index contributed by atoms with van der Waals surface area (Å²) in [4.78, 5) is 21.9. The number of hydrogen-bond acceptors (Lipinski definition) is 6. The Labute approximate surface area is 185 Å². The molecule has 0 atom stereocenters. The second-order valence-corrected chi connectivity index (χ2v) is 8.74. The number of anilines is 1. The summed E-state index contributed by atoms with van der Waals surface area (Å²) in [7, 11) is 0. The van der Waals surface area contributed by atoms with Crippen molar-refractivity contribution >= 4 is 22.5 Å². The average molecular weight is 431 g/mol. The molecule has 4 aromatic rings. The molecule has 1 fully saturated rings. The van der Waals surface area contributed by atoms with Crippen LogP contribution >= 0.6 is 0 Å². The maximum absolute atomic E-state index is 12.1. The number of piperazine rings is 1. The third kappa shape index (κ3) is 3.48. The lowest BCUT2D eigenvalue weighted by molar-refractivity contribution is 0.0996. The van der Waals surface area contributed by atoms with Crippen LogP contribution in [0.2, 0.25) is 0 Å². The largest absolute Gasteiger partial charge is 0.506 e. The van der Waals surface area contributed by atoms with Gasteiger partial charge in [0.1, 0.15) is 5.75 Å². The van der Waals surface area contributed by atoms with E-state index in [1.165, 1.54) is 0 Å². The molecule has 2 aromatic carbocycles. The minimum Gasteiger partial charge on any atom is -0.506 e. The number of aromatic amines is 1. The summed E-state index contributed by atoms with van der Waals surface area (Å²) in [6, 6.07) is 13.0. The highest BCUT2D eigenvalue weighted by molar-refractivity contribution is 6.00. The zero-order chi connectivity index (χ0) is 22.5. The number of benzene rings is 2. The summed E-state index contributed by atoms with van der Waals surface area (Å²) in [6.45, 7) is 7.13. The highest BCUT2D eigenvalue weighted by atomic mass is 16.4. The third-order valence-electron chi connectivity index (χ3n) is 5.86. The predicted octanol–water partition coefficient (Wildman–Crippen LogP) is 3.48. The molecule has 3 heterocycles. The van der Waals surface area contributed by atoms with E-state index in [-0.39, 0.29) is 22.9 Å². The second kappa shape index (κ2) is 7.42. The Bertz CT molecular complexity index is 1300. The van der Waals surface area contributed by atoms with E-state index in [2.05, 4.69) is 34.0 Å². The van der Waals surface area contributed by atoms with Crippen LogP contribution in [0, 0.1) is 0 Å². The Kier molecular flexibility index (Phi) is 4.67. The van der Waals surface area contributed by atoms with Crippen molar-refractivity contribution in [3.05, 3.63) is 54.4 Å². The molecule has 5 N–H and O–H groups in total. The standard InChI is InChI=1S/C24H25N5O3/c1-24(2)13-29(12-11-27-24)15-5-3-14(4-6-15)21-20(22(25)31)28-23(32-21)17-7-8-18(30)19-16(17)9-10-26-19/h3-10,26-27,30H,11-13H2,1-2H3,(H2,25,31). The maximum atomic E-state index is 12.1. The van der Waals surface area contributed by atoms with Gasteiger partial charge in [0.25, 0.3) is 5.91 Å². The van der Waals surface area contributed by atoms with Crippen LogP contribution < -0.4 is 16.0 Å². The Morgan fingerprint density at radius 3 is 2.69 bits per heavy atom. The van der Waals surface area contributed by atoms with E-state index in [1.807, 2.05) is 30.3 Å². The smallest absolute Gasteiger partial charge is 0.271 e. The summed E-state index contributed by atoms with van der Waals surface area (Å²) in [6.07, 6.45) is 1.73. The highest BCUT2D eigenvalue weighted by Crippen LogP contribution is 2.36. The Balaban J connectivity index is 1.52. The van der Waals surface area contributed by atoms with Crippen LogP contribution in [0.25, 0.3) is 33.7 Å². The first-order chi connectivity index (χ1) is 15.3. The molecule has 0 radical (unpaired) electrons. The van der Waals surface area contributed by atoms with E-state index in [1.54, 1.807) is 18.3 Å². The quantitative estimate of drug-likeness (QED) is 0.393. The van der Waals surface area contributed by atoms with Crippen molar-refractivity contribution in [3.63, 3.8) is 0 Å². The number of nitrogens with two attached hydrogens (primary N) is 1. The topological polar surface area (TPSA) is 120 Å². The first kappa shape index (κ1) is 20.1. The van der Waals surface area contributed by atoms with E-state index >= 15 is 0 Å². The normalized spacial score (nSPS) is 15.9. The number of rotatable bonds is 4. The fourth-order valence-electron chi connectivity index (χ4n) is 4.31. The van der Waals surface area contributed by atoms with Gasteiger partial charge in [-0.25, -0.2) is 4.98 Å². The van der Waals surface area contributed by atoms with Gasteiger partial charge in [0.15, 0.2) is 11.5 Å². The van der Waals surface area contributed by atoms with Crippen molar-refractivity contribution < 1.29 is 14.3 Å². The van der Waals surface area contributed by atoms with E-state index < -0.39 is 5.91 Å². The molecule has 1 aliphatic rings. The molecule has 0 saturated carbocycles. The van der Waals surface area contributed by atoms with Crippen LogP contribution in [0.3, 0.4) is 0 Å². The molecule has 1 aliphatic heterocycles. The molecule has 0 aliphatic carbocycles. The van der Waals surface area contributed by atoms with E-state index in [0.717, 1.165) is 36.3 Å². The number of nitrogens with zero attached hydrogens (tertiary/aromatic N) is 2. The second-order valence-electron chi connectivity index (χ2n) is 8.74. The van der Waals surface area contributed by atoms with Crippen LogP contribution in [0.1, 0.15) is 24.3 Å². The van der Waals surface area contributed by atoms with Gasteiger partial charge in [-0.2, -0.15) is 0 Å². The number of carbonyl (C=O) groups is 1. The van der Waals surface area contributed by atoms with Gasteiger partial charge < -0.3 is 30.5 Å². The lowest BCUT2D eigenvalue weighted by Gasteiger charge is -2.40. The number of carbonyl (C=O) groups excluding carboxylic acids is 1. The number of amides is 1. The minimum atomic E-state index is -0.660. The average Bonchev–Trinajstić information content (AvgIpc) is 3.42. The molecular weight excluding hydrogens is 406 g/mol. The molecule has 164 valence electrons. The van der Waals surface area contributed by atoms with Crippen LogP contribution in [-0.4, -0.2) is 46.2 Å². The fraction of sp³-hybridized carbons (Fsp3) is 0.250. The van der Waals surface area contributed by atoms with E-state index in [0.29, 0.717) is 16.8 Å². The van der Waals surface area contributed by atoms with Crippen molar-refractivity contribution in [2.75, 3.05) is 24.5 Å². The molecule has 1 amide bonds. The maximum Gasteiger partial charge on any atom is 0.271 e. The number of hydrogen-bond donors (Lipinski definition) is 4. The summed E-state index contributed by atoms with van der Waals surface area (Å²) in [5.41, 5.74) is 8.80. The summed E-state index contributed by atoms with van der Waals surface area (Å²) >= 11 is 0. The van der Waals surface area contributed by atoms with E-state index in [9.17, 15) is 9.90 Å². The Hall–Kier alpha value is -3.78. The molecule has 0 unspecified atom stereocenters. The number of fused-ring (bicyclic) bond motifs is 1. The number of phenolic OH excluding ortho intramolecular Hbond substituents is 1. The predicted molar refractivity (Wildman–Crippen MR) is 124 cm³/mol. The van der Waals surface area contributed by atoms with Gasteiger partial charge in [-0.3, -0.25) is 4.79 Å². The van der Waals surface area contributed by atoms with Crippen molar-refractivity contribution in [2.45, 2.75) is 19.4 Å². The molecule has 32 heavy (non-hydrogen) atoms. The zero-order valence-corrected chi connectivity index (χ0v) is 18.0. The lowest BCUT2D eigenvalue weighted by atomic mass is 10.0. The van der Waals surface area contributed by atoms with Crippen LogP contribution in [-0.2, 0) is 0 Å². The van der Waals surface area contributed by atoms with Crippen molar-refractivity contribution in [2.24, 2.45) is 5.73 Å². The SMILES string of the molecule is CC1(C)CN(c2ccc(-c3oc(-c4ccc(O)c5[nH]ccc45)nc3C(N)=O)cc2)CCN1. The van der Waals surface area contributed by atoms with E-state index in [4.69, 9.17) is 10.2 Å². The van der Waals surface area contributed by atoms with Crippen LogP contribution in [0.5, 0.6) is 5.75 Å². The number of aromatic hydroxyl groups is 1. The molecule has 8 nitrogen and oxygen atoms in total. The van der Waals surface area contributed by atoms with Gasteiger partial charge >= 0.3 is 0 Å². The van der Waals surface area contributed by atoms with Gasteiger partial charge in [-0.15, -0.1) is 0 Å². The molecule has 0 spiro atoms. The molecular formula is C24H25N5O3. The van der Waals surface area contributed by atoms with Gasteiger partial charge in [0.05, 0.1) is 5.52 Å². The summed E-state index contributed by atoms with van der Waals surface area (Å²) < 4.78 is 6.05. The Morgan fingerprint density at radius 2 is 1.97 bits per heavy atom. The molecule has 5 rings (SSSR count). The molecule has 0 bridgehead atoms. The molecule has 1 saturated heterocycles. The number of aromatic nitrogens is 2. The van der Waals surface area contributed by atoms with Crippen LogP contribution in [0.15, 0.2) is 53.1 Å². The van der Waals surface area contributed by atoms with Crippen molar-refractivity contribution in [3.8, 4) is 28.5 Å². The number of oxazole rings is 1. The molecule has 8 heteroatoms. The van der Waals surface area contributed by atoms with Gasteiger partial charge in [0, 0.05) is 53.6 Å². The van der Waals surface area contributed by atoms with Crippen LogP contribution in [0.4, 0.5) is 5.69 Å². The van der Waals surface area contributed by atoms with Gasteiger partial charge in [0.2, 0.25) is 5.89 Å². The monoisotopic (exact) mass is 431 g/mol.